The van der Waals surface area contributed by atoms with Crippen molar-refractivity contribution >= 4 is 23.8 Å². The number of hydrogen-bond acceptors (Lipinski definition) is 4. The van der Waals surface area contributed by atoms with E-state index in [0.717, 1.165) is 17.9 Å². The number of urea groups is 1. The second-order valence-corrected chi connectivity index (χ2v) is 5.24. The summed E-state index contributed by atoms with van der Waals surface area (Å²) in [7, 11) is 1.39. The number of amides is 2. The van der Waals surface area contributed by atoms with Gasteiger partial charge in [-0.3, -0.25) is 0 Å². The number of hydrogen-bond donors (Lipinski definition) is 3. The molecule has 0 aromatic carbocycles. The fourth-order valence-corrected chi connectivity index (χ4v) is 2.05. The maximum Gasteiger partial charge on any atom is 0.328 e. The van der Waals surface area contributed by atoms with E-state index in [1.807, 2.05) is 6.92 Å². The van der Waals surface area contributed by atoms with Gasteiger partial charge in [-0.15, -0.1) is 0 Å². The molecule has 6 nitrogen and oxygen atoms in total. The molecule has 0 aliphatic carbocycles. The lowest BCUT2D eigenvalue weighted by atomic mass is 10.2. The van der Waals surface area contributed by atoms with Gasteiger partial charge in [-0.25, -0.2) is 9.59 Å². The smallest absolute Gasteiger partial charge is 0.328 e. The first kappa shape index (κ1) is 17.1. The number of rotatable bonds is 9. The van der Waals surface area contributed by atoms with Gasteiger partial charge in [0, 0.05) is 13.2 Å². The van der Waals surface area contributed by atoms with Gasteiger partial charge in [-0.05, 0) is 24.9 Å². The first-order valence-corrected chi connectivity index (χ1v) is 7.03. The van der Waals surface area contributed by atoms with Gasteiger partial charge in [0.1, 0.15) is 0 Å². The molecule has 0 fully saturated rings. The number of nitrogens with one attached hydrogen (secondary N) is 2. The Balaban J connectivity index is 3.96. The van der Waals surface area contributed by atoms with E-state index in [-0.39, 0.29) is 12.6 Å². The van der Waals surface area contributed by atoms with Gasteiger partial charge in [0.2, 0.25) is 0 Å². The van der Waals surface area contributed by atoms with Crippen LogP contribution in [0.5, 0.6) is 0 Å². The summed E-state index contributed by atoms with van der Waals surface area (Å²) in [5.74, 6) is 0.910. The molecular formula is C11H22N2O4S. The van der Waals surface area contributed by atoms with Gasteiger partial charge in [-0.1, -0.05) is 6.92 Å². The minimum Gasteiger partial charge on any atom is -0.480 e. The van der Waals surface area contributed by atoms with Gasteiger partial charge in [0.25, 0.3) is 0 Å². The summed E-state index contributed by atoms with van der Waals surface area (Å²) in [4.78, 5) is 22.3. The molecule has 2 atom stereocenters. The highest BCUT2D eigenvalue weighted by atomic mass is 32.2. The van der Waals surface area contributed by atoms with E-state index in [1.54, 1.807) is 11.8 Å². The summed E-state index contributed by atoms with van der Waals surface area (Å²) < 4.78 is 4.72. The zero-order chi connectivity index (χ0) is 14.0. The third kappa shape index (κ3) is 8.19. The fourth-order valence-electron chi connectivity index (χ4n) is 1.24. The predicted molar refractivity (Wildman–Crippen MR) is 72.0 cm³/mol. The van der Waals surface area contributed by atoms with Crippen LogP contribution in [0.1, 0.15) is 20.3 Å². The van der Waals surface area contributed by atoms with Crippen LogP contribution >= 0.6 is 11.8 Å². The van der Waals surface area contributed by atoms with Crippen LogP contribution in [0.3, 0.4) is 0 Å². The SMILES string of the molecule is CCSCCC(C)NC(=O)NC(COC)C(=O)O. The molecule has 0 heterocycles. The third-order valence-electron chi connectivity index (χ3n) is 2.21. The van der Waals surface area contributed by atoms with Crippen molar-refractivity contribution in [3.05, 3.63) is 0 Å². The topological polar surface area (TPSA) is 87.7 Å². The molecule has 0 aromatic rings. The number of carbonyl (C=O) groups excluding carboxylic acids is 1. The van der Waals surface area contributed by atoms with E-state index in [4.69, 9.17) is 9.84 Å². The summed E-state index contributed by atoms with van der Waals surface area (Å²) in [6.45, 7) is 3.92. The molecule has 18 heavy (non-hydrogen) atoms. The summed E-state index contributed by atoms with van der Waals surface area (Å²) in [5, 5.41) is 13.9. The Bertz CT molecular complexity index is 263. The average Bonchev–Trinajstić information content (AvgIpc) is 2.28. The molecule has 2 amide bonds. The van der Waals surface area contributed by atoms with Crippen LogP contribution in [0.2, 0.25) is 0 Å². The fraction of sp³-hybridized carbons (Fsp3) is 0.818. The Labute approximate surface area is 112 Å². The lowest BCUT2D eigenvalue weighted by Gasteiger charge is -2.17. The number of methoxy groups -OCH3 is 1. The Morgan fingerprint density at radius 2 is 2.06 bits per heavy atom. The van der Waals surface area contributed by atoms with Crippen LogP contribution in [-0.2, 0) is 9.53 Å². The van der Waals surface area contributed by atoms with Crippen LogP contribution in [0, 0.1) is 0 Å². The van der Waals surface area contributed by atoms with Crippen LogP contribution < -0.4 is 10.6 Å². The molecule has 7 heteroatoms. The number of carbonyl (C=O) groups is 2. The minimum atomic E-state index is -1.11. The molecule has 0 spiro atoms. The highest BCUT2D eigenvalue weighted by molar-refractivity contribution is 7.99. The molecule has 2 unspecified atom stereocenters. The standard InChI is InChI=1S/C11H22N2O4S/c1-4-18-6-5-8(2)12-11(16)13-9(7-17-3)10(14)15/h8-9H,4-7H2,1-3H3,(H,14,15)(H2,12,13,16). The predicted octanol–water partition coefficient (Wildman–Crippen LogP) is 0.917. The van der Waals surface area contributed by atoms with E-state index >= 15 is 0 Å². The zero-order valence-electron chi connectivity index (χ0n) is 11.1. The van der Waals surface area contributed by atoms with Crippen LogP contribution in [0.25, 0.3) is 0 Å². The second-order valence-electron chi connectivity index (χ2n) is 3.85. The van der Waals surface area contributed by atoms with Crippen molar-refractivity contribution in [1.82, 2.24) is 10.6 Å². The van der Waals surface area contributed by atoms with Crippen LogP contribution in [0.4, 0.5) is 4.79 Å². The van der Waals surface area contributed by atoms with Crippen LogP contribution in [0.15, 0.2) is 0 Å². The molecule has 3 N–H and O–H groups in total. The summed E-state index contributed by atoms with van der Waals surface area (Å²) in [6.07, 6.45) is 0.855. The Morgan fingerprint density at radius 1 is 1.39 bits per heavy atom. The van der Waals surface area contributed by atoms with Gasteiger partial charge in [0.05, 0.1) is 6.61 Å². The number of ether oxygens (including phenoxy) is 1. The zero-order valence-corrected chi connectivity index (χ0v) is 11.9. The highest BCUT2D eigenvalue weighted by Gasteiger charge is 2.20. The molecule has 0 bridgehead atoms. The number of carboxylic acid groups (broad SMARTS) is 1. The Morgan fingerprint density at radius 3 is 2.56 bits per heavy atom. The maximum atomic E-state index is 11.5. The molecule has 106 valence electrons. The van der Waals surface area contributed by atoms with Crippen molar-refractivity contribution in [2.24, 2.45) is 0 Å². The van der Waals surface area contributed by atoms with Crippen molar-refractivity contribution in [3.63, 3.8) is 0 Å². The van der Waals surface area contributed by atoms with Gasteiger partial charge in [0.15, 0.2) is 6.04 Å². The van der Waals surface area contributed by atoms with E-state index < -0.39 is 18.0 Å². The molecule has 0 radical (unpaired) electrons. The van der Waals surface area contributed by atoms with E-state index in [9.17, 15) is 9.59 Å². The number of thioether (sulfide) groups is 1. The van der Waals surface area contributed by atoms with Gasteiger partial charge in [-0.2, -0.15) is 11.8 Å². The van der Waals surface area contributed by atoms with Crippen molar-refractivity contribution in [1.29, 1.82) is 0 Å². The molecule has 0 rings (SSSR count). The van der Waals surface area contributed by atoms with E-state index in [0.29, 0.717) is 0 Å². The molecule has 0 aromatic heterocycles. The molecule has 0 saturated carbocycles. The molecule has 0 aliphatic rings. The first-order valence-electron chi connectivity index (χ1n) is 5.87. The molecule has 0 aliphatic heterocycles. The number of aliphatic carboxylic acids is 1. The third-order valence-corrected chi connectivity index (χ3v) is 3.15. The molecule has 0 saturated heterocycles. The van der Waals surface area contributed by atoms with Crippen molar-refractivity contribution in [3.8, 4) is 0 Å². The minimum absolute atomic E-state index is 0.0149. The lowest BCUT2D eigenvalue weighted by molar-refractivity contribution is -0.140. The summed E-state index contributed by atoms with van der Waals surface area (Å²) in [5.41, 5.74) is 0. The largest absolute Gasteiger partial charge is 0.480 e. The van der Waals surface area contributed by atoms with Crippen molar-refractivity contribution in [2.75, 3.05) is 25.2 Å². The van der Waals surface area contributed by atoms with Crippen LogP contribution in [-0.4, -0.2) is 54.4 Å². The van der Waals surface area contributed by atoms with E-state index in [2.05, 4.69) is 17.6 Å². The summed E-state index contributed by atoms with van der Waals surface area (Å²) >= 11 is 1.80. The Kier molecular flexibility index (Phi) is 9.49. The van der Waals surface area contributed by atoms with Gasteiger partial charge >= 0.3 is 12.0 Å². The average molecular weight is 278 g/mol. The number of carboxylic acids is 1. The van der Waals surface area contributed by atoms with Gasteiger partial charge < -0.3 is 20.5 Å². The quantitative estimate of drug-likeness (QED) is 0.546. The van der Waals surface area contributed by atoms with Crippen molar-refractivity contribution < 1.29 is 19.4 Å². The summed E-state index contributed by atoms with van der Waals surface area (Å²) in [6, 6.07) is -1.48. The maximum absolute atomic E-state index is 11.5. The monoisotopic (exact) mass is 278 g/mol. The first-order chi connectivity index (χ1) is 8.51. The highest BCUT2D eigenvalue weighted by Crippen LogP contribution is 2.03. The normalized spacial score (nSPS) is 13.7. The second kappa shape index (κ2) is 10.0. The van der Waals surface area contributed by atoms with Crippen molar-refractivity contribution in [2.45, 2.75) is 32.4 Å². The van der Waals surface area contributed by atoms with E-state index in [1.165, 1.54) is 7.11 Å². The lowest BCUT2D eigenvalue weighted by Crippen LogP contribution is -2.50. The Hall–Kier alpha value is -0.950. The molecular weight excluding hydrogens is 256 g/mol.